The van der Waals surface area contributed by atoms with E-state index in [2.05, 4.69) is 4.74 Å². The Bertz CT molecular complexity index is 441. The van der Waals surface area contributed by atoms with Crippen LogP contribution in [0.4, 0.5) is 0 Å². The fourth-order valence-corrected chi connectivity index (χ4v) is 1.53. The standard InChI is InChI=1S/C14H18O5/c1-10(14(16)17-3)19-13-7-5-4-6-12(13)8-9-18-11(2)15/h4-7,10H,8-9H2,1-3H3. The molecule has 104 valence electrons. The number of ether oxygens (including phenoxy) is 3. The van der Waals surface area contributed by atoms with E-state index >= 15 is 0 Å². The third-order valence-corrected chi connectivity index (χ3v) is 2.49. The molecular weight excluding hydrogens is 248 g/mol. The third kappa shape index (κ3) is 4.99. The molecule has 0 saturated carbocycles. The molecular formula is C14H18O5. The maximum absolute atomic E-state index is 11.3. The summed E-state index contributed by atoms with van der Waals surface area (Å²) in [5, 5.41) is 0. The minimum atomic E-state index is -0.681. The predicted molar refractivity (Wildman–Crippen MR) is 68.9 cm³/mol. The molecule has 5 nitrogen and oxygen atoms in total. The number of hydrogen-bond acceptors (Lipinski definition) is 5. The van der Waals surface area contributed by atoms with Crippen LogP contribution >= 0.6 is 0 Å². The minimum Gasteiger partial charge on any atom is -0.479 e. The van der Waals surface area contributed by atoms with Gasteiger partial charge in [-0.05, 0) is 18.6 Å². The maximum Gasteiger partial charge on any atom is 0.346 e. The van der Waals surface area contributed by atoms with Crippen molar-refractivity contribution in [2.45, 2.75) is 26.4 Å². The lowest BCUT2D eigenvalue weighted by Crippen LogP contribution is -2.25. The normalized spacial score (nSPS) is 11.5. The Morgan fingerprint density at radius 2 is 1.95 bits per heavy atom. The lowest BCUT2D eigenvalue weighted by molar-refractivity contribution is -0.148. The SMILES string of the molecule is COC(=O)C(C)Oc1ccccc1CCOC(C)=O. The number of carbonyl (C=O) groups excluding carboxylic acids is 2. The van der Waals surface area contributed by atoms with E-state index in [0.29, 0.717) is 12.2 Å². The molecule has 0 bridgehead atoms. The van der Waals surface area contributed by atoms with Gasteiger partial charge in [0.2, 0.25) is 0 Å². The second-order valence-electron chi connectivity index (χ2n) is 3.98. The molecule has 0 fully saturated rings. The van der Waals surface area contributed by atoms with Crippen molar-refractivity contribution in [1.29, 1.82) is 0 Å². The first-order valence-electron chi connectivity index (χ1n) is 6.00. The summed E-state index contributed by atoms with van der Waals surface area (Å²) in [5.41, 5.74) is 0.875. The lowest BCUT2D eigenvalue weighted by atomic mass is 10.1. The molecule has 0 saturated heterocycles. The Labute approximate surface area is 112 Å². The third-order valence-electron chi connectivity index (χ3n) is 2.49. The number of hydrogen-bond donors (Lipinski definition) is 0. The zero-order valence-corrected chi connectivity index (χ0v) is 11.3. The molecule has 1 aromatic carbocycles. The molecule has 0 radical (unpaired) electrons. The van der Waals surface area contributed by atoms with Crippen LogP contribution in [0, 0.1) is 0 Å². The molecule has 1 unspecified atom stereocenters. The van der Waals surface area contributed by atoms with Gasteiger partial charge in [-0.15, -0.1) is 0 Å². The van der Waals surface area contributed by atoms with Gasteiger partial charge in [0.15, 0.2) is 6.10 Å². The Kier molecular flexibility index (Phi) is 5.85. The van der Waals surface area contributed by atoms with Crippen molar-refractivity contribution >= 4 is 11.9 Å². The van der Waals surface area contributed by atoms with Crippen molar-refractivity contribution in [3.05, 3.63) is 29.8 Å². The van der Waals surface area contributed by atoms with Gasteiger partial charge in [0.1, 0.15) is 5.75 Å². The van der Waals surface area contributed by atoms with Crippen molar-refractivity contribution in [3.8, 4) is 5.75 Å². The number of esters is 2. The van der Waals surface area contributed by atoms with Crippen molar-refractivity contribution in [3.63, 3.8) is 0 Å². The van der Waals surface area contributed by atoms with Gasteiger partial charge in [-0.1, -0.05) is 18.2 Å². The molecule has 0 aromatic heterocycles. The van der Waals surface area contributed by atoms with Crippen molar-refractivity contribution in [1.82, 2.24) is 0 Å². The average molecular weight is 266 g/mol. The van der Waals surface area contributed by atoms with Crippen LogP contribution in [0.2, 0.25) is 0 Å². The number of para-hydroxylation sites is 1. The van der Waals surface area contributed by atoms with E-state index in [1.54, 1.807) is 13.0 Å². The summed E-state index contributed by atoms with van der Waals surface area (Å²) in [6.07, 6.45) is -0.149. The molecule has 19 heavy (non-hydrogen) atoms. The highest BCUT2D eigenvalue weighted by Crippen LogP contribution is 2.20. The molecule has 0 amide bonds. The quantitative estimate of drug-likeness (QED) is 0.734. The summed E-state index contributed by atoms with van der Waals surface area (Å²) in [4.78, 5) is 22.0. The molecule has 0 spiro atoms. The van der Waals surface area contributed by atoms with Gasteiger partial charge >= 0.3 is 11.9 Å². The molecule has 1 aromatic rings. The molecule has 1 rings (SSSR count). The summed E-state index contributed by atoms with van der Waals surface area (Å²) in [6, 6.07) is 7.30. The van der Waals surface area contributed by atoms with Gasteiger partial charge in [0.25, 0.3) is 0 Å². The van der Waals surface area contributed by atoms with Crippen LogP contribution in [0.15, 0.2) is 24.3 Å². The smallest absolute Gasteiger partial charge is 0.346 e. The van der Waals surface area contributed by atoms with Crippen LogP contribution in [0.1, 0.15) is 19.4 Å². The Balaban J connectivity index is 2.67. The molecule has 1 atom stereocenters. The van der Waals surface area contributed by atoms with Crippen LogP contribution in [0.3, 0.4) is 0 Å². The van der Waals surface area contributed by atoms with Gasteiger partial charge in [-0.25, -0.2) is 4.79 Å². The van der Waals surface area contributed by atoms with E-state index in [4.69, 9.17) is 9.47 Å². The van der Waals surface area contributed by atoms with Gasteiger partial charge in [-0.2, -0.15) is 0 Å². The number of benzene rings is 1. The molecule has 5 heteroatoms. The number of rotatable bonds is 6. The highest BCUT2D eigenvalue weighted by atomic mass is 16.6. The Morgan fingerprint density at radius 1 is 1.26 bits per heavy atom. The first-order chi connectivity index (χ1) is 9.04. The van der Waals surface area contributed by atoms with Crippen LogP contribution in [0.5, 0.6) is 5.75 Å². The summed E-state index contributed by atoms with van der Waals surface area (Å²) >= 11 is 0. The predicted octanol–water partition coefficient (Wildman–Crippen LogP) is 1.73. The van der Waals surface area contributed by atoms with E-state index < -0.39 is 12.1 Å². The van der Waals surface area contributed by atoms with Crippen molar-refractivity contribution in [2.75, 3.05) is 13.7 Å². The van der Waals surface area contributed by atoms with Gasteiger partial charge < -0.3 is 14.2 Å². The summed E-state index contributed by atoms with van der Waals surface area (Å²) in [5.74, 6) is -0.163. The lowest BCUT2D eigenvalue weighted by Gasteiger charge is -2.15. The van der Waals surface area contributed by atoms with Crippen LogP contribution in [-0.2, 0) is 25.5 Å². The molecule has 0 heterocycles. The summed E-state index contributed by atoms with van der Waals surface area (Å²) < 4.78 is 15.0. The first kappa shape index (κ1) is 15.0. The number of methoxy groups -OCH3 is 1. The van der Waals surface area contributed by atoms with Gasteiger partial charge in [0, 0.05) is 13.3 Å². The van der Waals surface area contributed by atoms with Crippen LogP contribution < -0.4 is 4.74 Å². The zero-order valence-electron chi connectivity index (χ0n) is 11.3. The van der Waals surface area contributed by atoms with Gasteiger partial charge in [0.05, 0.1) is 13.7 Å². The highest BCUT2D eigenvalue weighted by molar-refractivity contribution is 5.74. The topological polar surface area (TPSA) is 61.8 Å². The molecule has 0 aliphatic carbocycles. The van der Waals surface area contributed by atoms with E-state index in [1.165, 1.54) is 14.0 Å². The fraction of sp³-hybridized carbons (Fsp3) is 0.429. The molecule has 0 N–H and O–H groups in total. The van der Waals surface area contributed by atoms with E-state index in [0.717, 1.165) is 5.56 Å². The molecule has 0 aliphatic heterocycles. The van der Waals surface area contributed by atoms with Crippen LogP contribution in [-0.4, -0.2) is 31.8 Å². The average Bonchev–Trinajstić information content (AvgIpc) is 2.39. The zero-order chi connectivity index (χ0) is 14.3. The second kappa shape index (κ2) is 7.41. The Morgan fingerprint density at radius 3 is 2.58 bits per heavy atom. The second-order valence-corrected chi connectivity index (χ2v) is 3.98. The summed E-state index contributed by atoms with van der Waals surface area (Å²) in [6.45, 7) is 3.26. The first-order valence-corrected chi connectivity index (χ1v) is 6.00. The fourth-order valence-electron chi connectivity index (χ4n) is 1.53. The minimum absolute atomic E-state index is 0.280. The highest BCUT2D eigenvalue weighted by Gasteiger charge is 2.16. The molecule has 0 aliphatic rings. The van der Waals surface area contributed by atoms with Gasteiger partial charge in [-0.3, -0.25) is 4.79 Å². The largest absolute Gasteiger partial charge is 0.479 e. The van der Waals surface area contributed by atoms with Crippen molar-refractivity contribution < 1.29 is 23.8 Å². The van der Waals surface area contributed by atoms with Crippen LogP contribution in [0.25, 0.3) is 0 Å². The Hall–Kier alpha value is -2.04. The number of carbonyl (C=O) groups is 2. The maximum atomic E-state index is 11.3. The summed E-state index contributed by atoms with van der Waals surface area (Å²) in [7, 11) is 1.31. The van der Waals surface area contributed by atoms with Crippen molar-refractivity contribution in [2.24, 2.45) is 0 Å². The van der Waals surface area contributed by atoms with E-state index in [-0.39, 0.29) is 12.6 Å². The monoisotopic (exact) mass is 266 g/mol. The van der Waals surface area contributed by atoms with E-state index in [1.807, 2.05) is 18.2 Å². The van der Waals surface area contributed by atoms with E-state index in [9.17, 15) is 9.59 Å².